The van der Waals surface area contributed by atoms with Crippen molar-refractivity contribution in [3.05, 3.63) is 22.8 Å². The number of nitrogens with zero attached hydrogens (tertiary/aromatic N) is 1. The van der Waals surface area contributed by atoms with Gasteiger partial charge in [0.1, 0.15) is 5.82 Å². The van der Waals surface area contributed by atoms with E-state index >= 15 is 0 Å². The van der Waals surface area contributed by atoms with Gasteiger partial charge in [-0.15, -0.1) is 0 Å². The normalized spacial score (nSPS) is 9.76. The first-order valence-electron chi connectivity index (χ1n) is 4.94. The Labute approximate surface area is 104 Å². The molecular weight excluding hydrogens is 244 g/mol. The number of nitrogens with two attached hydrogens (primary N) is 1. The SMILES string of the molecule is CNC(=O)CCNC(=O)c1cc(N)ncc1Cl. The lowest BCUT2D eigenvalue weighted by molar-refractivity contribution is -0.120. The first-order valence-corrected chi connectivity index (χ1v) is 5.32. The monoisotopic (exact) mass is 256 g/mol. The third-order valence-electron chi connectivity index (χ3n) is 2.04. The Balaban J connectivity index is 2.58. The van der Waals surface area contributed by atoms with Crippen molar-refractivity contribution in [1.82, 2.24) is 15.6 Å². The fraction of sp³-hybridized carbons (Fsp3) is 0.300. The lowest BCUT2D eigenvalue weighted by atomic mass is 10.2. The number of amides is 2. The molecule has 0 fully saturated rings. The second kappa shape index (κ2) is 6.05. The van der Waals surface area contributed by atoms with Crippen LogP contribution in [0.1, 0.15) is 16.8 Å². The number of aromatic nitrogens is 1. The average Bonchev–Trinajstić information content (AvgIpc) is 2.31. The minimum atomic E-state index is -0.381. The van der Waals surface area contributed by atoms with Crippen LogP contribution in [0.2, 0.25) is 5.02 Å². The summed E-state index contributed by atoms with van der Waals surface area (Å²) in [5, 5.41) is 5.24. The number of rotatable bonds is 4. The summed E-state index contributed by atoms with van der Waals surface area (Å²) < 4.78 is 0. The Kier molecular flexibility index (Phi) is 4.71. The van der Waals surface area contributed by atoms with Crippen LogP contribution in [0.3, 0.4) is 0 Å². The highest BCUT2D eigenvalue weighted by Crippen LogP contribution is 2.16. The summed E-state index contributed by atoms with van der Waals surface area (Å²) >= 11 is 5.80. The van der Waals surface area contributed by atoms with Crippen molar-refractivity contribution in [3.8, 4) is 0 Å². The van der Waals surface area contributed by atoms with Crippen LogP contribution in [0.5, 0.6) is 0 Å². The second-order valence-corrected chi connectivity index (χ2v) is 3.68. The van der Waals surface area contributed by atoms with E-state index in [-0.39, 0.29) is 41.2 Å². The topological polar surface area (TPSA) is 97.1 Å². The summed E-state index contributed by atoms with van der Waals surface area (Å²) in [6.45, 7) is 0.233. The predicted molar refractivity (Wildman–Crippen MR) is 64.7 cm³/mol. The number of nitrogen functional groups attached to an aromatic ring is 1. The van der Waals surface area contributed by atoms with Gasteiger partial charge in [-0.3, -0.25) is 9.59 Å². The molecule has 0 saturated carbocycles. The van der Waals surface area contributed by atoms with Crippen LogP contribution in [0.4, 0.5) is 5.82 Å². The standard InChI is InChI=1S/C10H13ClN4O2/c1-13-9(16)2-3-14-10(17)6-4-8(12)15-5-7(6)11/h4-5H,2-3H2,1H3,(H2,12,15)(H,13,16)(H,14,17). The van der Waals surface area contributed by atoms with Gasteiger partial charge in [-0.25, -0.2) is 4.98 Å². The summed E-state index contributed by atoms with van der Waals surface area (Å²) in [5.74, 6) is -0.315. The summed E-state index contributed by atoms with van der Waals surface area (Å²) in [4.78, 5) is 26.4. The minimum absolute atomic E-state index is 0.148. The first kappa shape index (κ1) is 13.2. The number of halogens is 1. The van der Waals surface area contributed by atoms with E-state index in [1.807, 2.05) is 0 Å². The molecule has 17 heavy (non-hydrogen) atoms. The second-order valence-electron chi connectivity index (χ2n) is 3.27. The minimum Gasteiger partial charge on any atom is -0.384 e. The van der Waals surface area contributed by atoms with Gasteiger partial charge in [0, 0.05) is 26.2 Å². The molecule has 0 aliphatic carbocycles. The lowest BCUT2D eigenvalue weighted by Gasteiger charge is -2.06. The molecule has 0 aromatic carbocycles. The van der Waals surface area contributed by atoms with Gasteiger partial charge in [0.05, 0.1) is 10.6 Å². The Morgan fingerprint density at radius 3 is 2.88 bits per heavy atom. The van der Waals surface area contributed by atoms with Crippen molar-refractivity contribution in [3.63, 3.8) is 0 Å². The van der Waals surface area contributed by atoms with Crippen molar-refractivity contribution in [2.45, 2.75) is 6.42 Å². The Hall–Kier alpha value is -1.82. The Morgan fingerprint density at radius 2 is 2.24 bits per heavy atom. The van der Waals surface area contributed by atoms with E-state index in [9.17, 15) is 9.59 Å². The van der Waals surface area contributed by atoms with Gasteiger partial charge in [0.2, 0.25) is 5.91 Å². The van der Waals surface area contributed by atoms with E-state index in [0.717, 1.165) is 0 Å². The highest BCUT2D eigenvalue weighted by molar-refractivity contribution is 6.33. The van der Waals surface area contributed by atoms with Gasteiger partial charge in [0.25, 0.3) is 5.91 Å². The van der Waals surface area contributed by atoms with Crippen LogP contribution >= 0.6 is 11.6 Å². The number of anilines is 1. The molecule has 0 radical (unpaired) electrons. The fourth-order valence-electron chi connectivity index (χ4n) is 1.14. The summed E-state index contributed by atoms with van der Waals surface area (Å²) in [5.41, 5.74) is 5.70. The first-order chi connectivity index (χ1) is 8.04. The molecule has 0 bridgehead atoms. The molecule has 0 unspecified atom stereocenters. The number of nitrogens with one attached hydrogen (secondary N) is 2. The molecule has 1 aromatic rings. The highest BCUT2D eigenvalue weighted by atomic mass is 35.5. The van der Waals surface area contributed by atoms with E-state index < -0.39 is 0 Å². The van der Waals surface area contributed by atoms with Crippen LogP contribution in [-0.2, 0) is 4.79 Å². The van der Waals surface area contributed by atoms with Gasteiger partial charge >= 0.3 is 0 Å². The zero-order chi connectivity index (χ0) is 12.8. The Morgan fingerprint density at radius 1 is 1.53 bits per heavy atom. The van der Waals surface area contributed by atoms with Gasteiger partial charge in [0.15, 0.2) is 0 Å². The van der Waals surface area contributed by atoms with Crippen LogP contribution in [-0.4, -0.2) is 30.4 Å². The molecule has 1 rings (SSSR count). The van der Waals surface area contributed by atoms with Gasteiger partial charge in [-0.2, -0.15) is 0 Å². The maximum Gasteiger partial charge on any atom is 0.253 e. The maximum atomic E-state index is 11.7. The van der Waals surface area contributed by atoms with Crippen molar-refractivity contribution < 1.29 is 9.59 Å². The third-order valence-corrected chi connectivity index (χ3v) is 2.34. The predicted octanol–water partition coefficient (Wildman–Crippen LogP) is 0.183. The molecule has 4 N–H and O–H groups in total. The molecule has 1 aromatic heterocycles. The van der Waals surface area contributed by atoms with Crippen LogP contribution in [0, 0.1) is 0 Å². The molecule has 0 aliphatic heterocycles. The molecule has 7 heteroatoms. The number of carbonyl (C=O) groups is 2. The quantitative estimate of drug-likeness (QED) is 0.716. The van der Waals surface area contributed by atoms with E-state index in [1.165, 1.54) is 19.3 Å². The van der Waals surface area contributed by atoms with E-state index in [0.29, 0.717) is 0 Å². The smallest absolute Gasteiger partial charge is 0.253 e. The van der Waals surface area contributed by atoms with Crippen LogP contribution in [0.15, 0.2) is 12.3 Å². The Bertz CT molecular complexity index is 436. The molecule has 0 saturated heterocycles. The number of pyridine rings is 1. The van der Waals surface area contributed by atoms with Crippen molar-refractivity contribution in [1.29, 1.82) is 0 Å². The van der Waals surface area contributed by atoms with Crippen molar-refractivity contribution in [2.75, 3.05) is 19.3 Å². The van der Waals surface area contributed by atoms with Crippen molar-refractivity contribution in [2.24, 2.45) is 0 Å². The summed E-state index contributed by atoms with van der Waals surface area (Å²) in [7, 11) is 1.53. The summed E-state index contributed by atoms with van der Waals surface area (Å²) in [6, 6.07) is 1.39. The molecule has 92 valence electrons. The highest BCUT2D eigenvalue weighted by Gasteiger charge is 2.11. The van der Waals surface area contributed by atoms with Gasteiger partial charge in [-0.1, -0.05) is 11.6 Å². The van der Waals surface area contributed by atoms with E-state index in [4.69, 9.17) is 17.3 Å². The third kappa shape index (κ3) is 3.92. The number of carbonyl (C=O) groups excluding carboxylic acids is 2. The fourth-order valence-corrected chi connectivity index (χ4v) is 1.33. The molecule has 6 nitrogen and oxygen atoms in total. The number of hydrogen-bond donors (Lipinski definition) is 3. The summed E-state index contributed by atoms with van der Waals surface area (Å²) in [6.07, 6.45) is 1.52. The van der Waals surface area contributed by atoms with Gasteiger partial charge < -0.3 is 16.4 Å². The van der Waals surface area contributed by atoms with Crippen LogP contribution < -0.4 is 16.4 Å². The van der Waals surface area contributed by atoms with Crippen LogP contribution in [0.25, 0.3) is 0 Å². The molecule has 0 aliphatic rings. The zero-order valence-electron chi connectivity index (χ0n) is 9.29. The largest absolute Gasteiger partial charge is 0.384 e. The average molecular weight is 257 g/mol. The molecule has 2 amide bonds. The lowest BCUT2D eigenvalue weighted by Crippen LogP contribution is -2.29. The van der Waals surface area contributed by atoms with E-state index in [1.54, 1.807) is 0 Å². The van der Waals surface area contributed by atoms with Gasteiger partial charge in [-0.05, 0) is 6.07 Å². The molecule has 0 atom stereocenters. The molecule has 1 heterocycles. The van der Waals surface area contributed by atoms with E-state index in [2.05, 4.69) is 15.6 Å². The van der Waals surface area contributed by atoms with Crippen molar-refractivity contribution >= 4 is 29.2 Å². The zero-order valence-corrected chi connectivity index (χ0v) is 10.0. The molecular formula is C10H13ClN4O2. The maximum absolute atomic E-state index is 11.7. The number of hydrogen-bond acceptors (Lipinski definition) is 4. The molecule has 0 spiro atoms.